The average Bonchev–Trinajstić information content (AvgIpc) is 3.18. The first-order valence-corrected chi connectivity index (χ1v) is 14.5. The number of piperidine rings is 1. The summed E-state index contributed by atoms with van der Waals surface area (Å²) in [5.74, 6) is -0.814. The van der Waals surface area contributed by atoms with Gasteiger partial charge in [0.25, 0.3) is 11.6 Å². The van der Waals surface area contributed by atoms with Crippen LogP contribution in [-0.4, -0.2) is 53.2 Å². The van der Waals surface area contributed by atoms with Crippen LogP contribution in [0.5, 0.6) is 0 Å². The molecule has 1 aliphatic rings. The number of halogens is 1. The molecular weight excluding hydrogens is 515 g/mol. The third kappa shape index (κ3) is 5.47. The largest absolute Gasteiger partial charge is 0.316 e. The summed E-state index contributed by atoms with van der Waals surface area (Å²) in [6.07, 6.45) is 2.95. The second-order valence-corrected chi connectivity index (χ2v) is 12.0. The molecule has 1 aromatic heterocycles. The van der Waals surface area contributed by atoms with Crippen molar-refractivity contribution in [1.82, 2.24) is 8.87 Å². The fourth-order valence-electron chi connectivity index (χ4n) is 3.96. The number of carbonyl (C=O) groups excluding carboxylic acids is 1. The van der Waals surface area contributed by atoms with Crippen LogP contribution in [0.25, 0.3) is 10.2 Å². The van der Waals surface area contributed by atoms with Crippen molar-refractivity contribution in [3.05, 3.63) is 63.2 Å². The van der Waals surface area contributed by atoms with Gasteiger partial charge >= 0.3 is 0 Å². The summed E-state index contributed by atoms with van der Waals surface area (Å²) in [4.78, 5) is 28.6. The summed E-state index contributed by atoms with van der Waals surface area (Å²) in [7, 11) is -3.87. The summed E-state index contributed by atoms with van der Waals surface area (Å²) >= 11 is 2.82. The van der Waals surface area contributed by atoms with E-state index in [9.17, 15) is 27.7 Å². The first-order chi connectivity index (χ1) is 16.7. The van der Waals surface area contributed by atoms with E-state index in [2.05, 4.69) is 4.99 Å². The van der Waals surface area contributed by atoms with Gasteiger partial charge in [0.05, 0.1) is 26.0 Å². The number of fused-ring (bicyclic) bond motifs is 1. The molecule has 1 unspecified atom stereocenters. The molecule has 3 aromatic rings. The molecule has 2 aromatic carbocycles. The normalized spacial score (nSPS) is 17.7. The maximum Gasteiger partial charge on any atom is 0.270 e. The molecule has 0 radical (unpaired) electrons. The van der Waals surface area contributed by atoms with Gasteiger partial charge in [0, 0.05) is 37.5 Å². The minimum atomic E-state index is -3.87. The van der Waals surface area contributed by atoms with Gasteiger partial charge in [-0.15, -0.1) is 0 Å². The molecule has 1 aliphatic heterocycles. The van der Waals surface area contributed by atoms with Crippen molar-refractivity contribution in [3.63, 3.8) is 0 Å². The molecule has 186 valence electrons. The predicted octanol–water partition coefficient (Wildman–Crippen LogP) is 3.64. The van der Waals surface area contributed by atoms with Gasteiger partial charge in [0.1, 0.15) is 5.82 Å². The lowest BCUT2D eigenvalue weighted by Gasteiger charge is -2.30. The molecule has 1 fully saturated rings. The van der Waals surface area contributed by atoms with Gasteiger partial charge in [-0.3, -0.25) is 14.9 Å². The van der Waals surface area contributed by atoms with Gasteiger partial charge in [-0.25, -0.2) is 12.8 Å². The Morgan fingerprint density at radius 3 is 2.71 bits per heavy atom. The maximum atomic E-state index is 13.2. The third-order valence-corrected chi connectivity index (χ3v) is 9.30. The van der Waals surface area contributed by atoms with Gasteiger partial charge in [-0.2, -0.15) is 21.1 Å². The number of aryl methyl sites for hydroxylation is 1. The third-order valence-electron chi connectivity index (χ3n) is 5.79. The van der Waals surface area contributed by atoms with Crippen LogP contribution in [0, 0.1) is 21.8 Å². The second kappa shape index (κ2) is 10.6. The fraction of sp³-hybridized carbons (Fsp3) is 0.364. The Hall–Kier alpha value is -2.61. The number of sulfonamides is 1. The lowest BCUT2D eigenvalue weighted by Crippen LogP contribution is -2.42. The SMILES string of the molecule is CSCCn1c(=NC(=O)C2CCCN(S(=O)(=O)c3ccc(F)cc3)C2)sc2cc([N+](=O)[O-])ccc21. The lowest BCUT2D eigenvalue weighted by atomic mass is 9.99. The Kier molecular flexibility index (Phi) is 7.69. The molecule has 0 N–H and O–H groups in total. The molecule has 1 atom stereocenters. The molecule has 9 nitrogen and oxygen atoms in total. The van der Waals surface area contributed by atoms with Crippen LogP contribution in [0.3, 0.4) is 0 Å². The Morgan fingerprint density at radius 2 is 2.03 bits per heavy atom. The fourth-order valence-corrected chi connectivity index (χ4v) is 6.95. The average molecular weight is 539 g/mol. The van der Waals surface area contributed by atoms with E-state index in [1.165, 1.54) is 39.9 Å². The van der Waals surface area contributed by atoms with Crippen LogP contribution in [0.4, 0.5) is 10.1 Å². The summed E-state index contributed by atoms with van der Waals surface area (Å²) < 4.78 is 43.0. The number of non-ortho nitro benzene ring substituents is 1. The van der Waals surface area contributed by atoms with E-state index in [0.717, 1.165) is 23.4 Å². The van der Waals surface area contributed by atoms with Crippen molar-refractivity contribution in [1.29, 1.82) is 0 Å². The number of hydrogen-bond donors (Lipinski definition) is 0. The van der Waals surface area contributed by atoms with Crippen molar-refractivity contribution >= 4 is 54.9 Å². The van der Waals surface area contributed by atoms with Crippen molar-refractivity contribution < 1.29 is 22.5 Å². The van der Waals surface area contributed by atoms with E-state index in [-0.39, 0.29) is 23.7 Å². The number of benzene rings is 2. The summed E-state index contributed by atoms with van der Waals surface area (Å²) in [6.45, 7) is 0.827. The van der Waals surface area contributed by atoms with Crippen molar-refractivity contribution in [3.8, 4) is 0 Å². The zero-order valence-electron chi connectivity index (χ0n) is 18.8. The van der Waals surface area contributed by atoms with Gasteiger partial charge < -0.3 is 4.57 Å². The number of nitro benzene ring substituents is 1. The zero-order valence-corrected chi connectivity index (χ0v) is 21.2. The number of hydrogen-bond acceptors (Lipinski definition) is 7. The molecule has 0 aliphatic carbocycles. The van der Waals surface area contributed by atoms with Gasteiger partial charge in [-0.05, 0) is 49.4 Å². The molecular formula is C22H23FN4O5S3. The van der Waals surface area contributed by atoms with Crippen LogP contribution in [0.15, 0.2) is 52.4 Å². The summed E-state index contributed by atoms with van der Waals surface area (Å²) in [5, 5.41) is 11.2. The first kappa shape index (κ1) is 25.5. The second-order valence-electron chi connectivity index (χ2n) is 8.04. The number of rotatable bonds is 7. The lowest BCUT2D eigenvalue weighted by molar-refractivity contribution is -0.384. The van der Waals surface area contributed by atoms with Gasteiger partial charge in [0.2, 0.25) is 10.0 Å². The smallest absolute Gasteiger partial charge is 0.270 e. The molecule has 0 saturated carbocycles. The molecule has 0 spiro atoms. The topological polar surface area (TPSA) is 115 Å². The molecule has 0 bridgehead atoms. The zero-order chi connectivity index (χ0) is 25.2. The van der Waals surface area contributed by atoms with E-state index in [1.54, 1.807) is 17.8 Å². The highest BCUT2D eigenvalue weighted by Gasteiger charge is 2.33. The number of nitrogens with zero attached hydrogens (tertiary/aromatic N) is 4. The van der Waals surface area contributed by atoms with E-state index < -0.39 is 32.6 Å². The Labute approximate surface area is 209 Å². The molecule has 4 rings (SSSR count). The summed E-state index contributed by atoms with van der Waals surface area (Å²) in [6, 6.07) is 9.16. The molecule has 1 amide bonds. The summed E-state index contributed by atoms with van der Waals surface area (Å²) in [5.41, 5.74) is 0.716. The number of carbonyl (C=O) groups is 1. The quantitative estimate of drug-likeness (QED) is 0.335. The van der Waals surface area contributed by atoms with Crippen LogP contribution in [-0.2, 0) is 21.4 Å². The van der Waals surface area contributed by atoms with E-state index in [4.69, 9.17) is 0 Å². The van der Waals surface area contributed by atoms with E-state index >= 15 is 0 Å². The number of nitro groups is 1. The number of thiazole rings is 1. The minimum absolute atomic E-state index is 0.0107. The molecule has 2 heterocycles. The highest BCUT2D eigenvalue weighted by molar-refractivity contribution is 7.98. The van der Waals surface area contributed by atoms with Crippen molar-refractivity contribution in [2.45, 2.75) is 24.3 Å². The van der Waals surface area contributed by atoms with Crippen molar-refractivity contribution in [2.75, 3.05) is 25.1 Å². The van der Waals surface area contributed by atoms with Gasteiger partial charge in [0.15, 0.2) is 4.80 Å². The predicted molar refractivity (Wildman–Crippen MR) is 133 cm³/mol. The Balaban J connectivity index is 1.64. The van der Waals surface area contributed by atoms with E-state index in [0.29, 0.717) is 28.9 Å². The number of amides is 1. The number of aromatic nitrogens is 1. The van der Waals surface area contributed by atoms with E-state index in [1.807, 2.05) is 10.8 Å². The monoisotopic (exact) mass is 538 g/mol. The highest BCUT2D eigenvalue weighted by Crippen LogP contribution is 2.26. The van der Waals surface area contributed by atoms with Crippen LogP contribution in [0.1, 0.15) is 12.8 Å². The maximum absolute atomic E-state index is 13.2. The van der Waals surface area contributed by atoms with Crippen molar-refractivity contribution in [2.24, 2.45) is 10.9 Å². The van der Waals surface area contributed by atoms with Crippen LogP contribution < -0.4 is 4.80 Å². The Morgan fingerprint density at radius 1 is 1.29 bits per heavy atom. The first-order valence-electron chi connectivity index (χ1n) is 10.8. The number of thioether (sulfide) groups is 1. The minimum Gasteiger partial charge on any atom is -0.316 e. The van der Waals surface area contributed by atoms with Gasteiger partial charge in [-0.1, -0.05) is 11.3 Å². The molecule has 35 heavy (non-hydrogen) atoms. The standard InChI is InChI=1S/C22H23FN4O5S3/c1-33-12-11-26-19-9-6-17(27(29)30)13-20(19)34-22(26)24-21(28)15-3-2-10-25(14-15)35(31,32)18-7-4-16(23)5-8-18/h4-9,13,15H,2-3,10-12,14H2,1H3. The van der Waals surface area contributed by atoms with Crippen LogP contribution >= 0.6 is 23.1 Å². The molecule has 1 saturated heterocycles. The highest BCUT2D eigenvalue weighted by atomic mass is 32.2. The molecule has 13 heteroatoms. The van der Waals surface area contributed by atoms with Crippen LogP contribution in [0.2, 0.25) is 0 Å². The Bertz CT molecular complexity index is 1430.